The van der Waals surface area contributed by atoms with E-state index < -0.39 is 11.9 Å². The summed E-state index contributed by atoms with van der Waals surface area (Å²) in [6.45, 7) is 0. The molecule has 0 unspecified atom stereocenters. The van der Waals surface area contributed by atoms with Gasteiger partial charge in [0.25, 0.3) is 5.91 Å². The molecular formula is C22H23N3O2. The van der Waals surface area contributed by atoms with E-state index in [-0.39, 0.29) is 11.8 Å². The van der Waals surface area contributed by atoms with E-state index in [1.165, 1.54) is 6.42 Å². The molecule has 1 saturated carbocycles. The summed E-state index contributed by atoms with van der Waals surface area (Å²) < 4.78 is 0. The van der Waals surface area contributed by atoms with Crippen LogP contribution < -0.4 is 11.1 Å². The van der Waals surface area contributed by atoms with Crippen molar-refractivity contribution in [2.45, 2.75) is 38.1 Å². The lowest BCUT2D eigenvalue weighted by Crippen LogP contribution is -2.49. The fourth-order valence-electron chi connectivity index (χ4n) is 4.19. The second-order valence-electron chi connectivity index (χ2n) is 7.27. The van der Waals surface area contributed by atoms with Crippen LogP contribution in [0.4, 0.5) is 0 Å². The molecule has 2 aromatic carbocycles. The first-order valence-corrected chi connectivity index (χ1v) is 9.53. The molecule has 1 aromatic heterocycles. The first kappa shape index (κ1) is 17.5. The molecule has 0 bridgehead atoms. The Morgan fingerprint density at radius 2 is 1.48 bits per heavy atom. The normalized spacial score (nSPS) is 16.3. The van der Waals surface area contributed by atoms with Crippen molar-refractivity contribution in [3.05, 3.63) is 54.1 Å². The maximum absolute atomic E-state index is 13.3. The van der Waals surface area contributed by atoms with Gasteiger partial charge in [0, 0.05) is 10.8 Å². The first-order valence-electron chi connectivity index (χ1n) is 9.53. The van der Waals surface area contributed by atoms with Crippen LogP contribution in [0.3, 0.4) is 0 Å². The molecule has 3 N–H and O–H groups in total. The second kappa shape index (κ2) is 7.35. The maximum atomic E-state index is 13.3. The minimum Gasteiger partial charge on any atom is -0.368 e. The van der Waals surface area contributed by atoms with Gasteiger partial charge in [0.1, 0.15) is 6.04 Å². The van der Waals surface area contributed by atoms with Gasteiger partial charge in [0.05, 0.1) is 16.6 Å². The van der Waals surface area contributed by atoms with E-state index in [2.05, 4.69) is 10.3 Å². The lowest BCUT2D eigenvalue weighted by Gasteiger charge is -2.29. The molecule has 0 saturated heterocycles. The fraction of sp³-hybridized carbons (Fsp3) is 0.318. The zero-order valence-electron chi connectivity index (χ0n) is 15.2. The number of benzene rings is 2. The summed E-state index contributed by atoms with van der Waals surface area (Å²) in [4.78, 5) is 30.0. The number of pyridine rings is 1. The monoisotopic (exact) mass is 361 g/mol. The number of rotatable bonds is 4. The molecule has 0 radical (unpaired) electrons. The number of nitrogens with zero attached hydrogens (tertiary/aromatic N) is 1. The highest BCUT2D eigenvalue weighted by molar-refractivity contribution is 6.16. The number of hydrogen-bond acceptors (Lipinski definition) is 3. The molecule has 1 aliphatic rings. The third kappa shape index (κ3) is 3.37. The Bertz CT molecular complexity index is 955. The average Bonchev–Trinajstić information content (AvgIpc) is 2.70. The lowest BCUT2D eigenvalue weighted by molar-refractivity contribution is -0.121. The Balaban J connectivity index is 1.77. The van der Waals surface area contributed by atoms with Gasteiger partial charge in [0.15, 0.2) is 0 Å². The molecule has 0 spiro atoms. The molecule has 5 nitrogen and oxygen atoms in total. The van der Waals surface area contributed by atoms with E-state index in [1.54, 1.807) is 0 Å². The number of primary amides is 1. The fourth-order valence-corrected chi connectivity index (χ4v) is 4.19. The molecule has 0 aliphatic heterocycles. The van der Waals surface area contributed by atoms with Crippen LogP contribution in [-0.2, 0) is 4.79 Å². The second-order valence-corrected chi connectivity index (χ2v) is 7.27. The van der Waals surface area contributed by atoms with Gasteiger partial charge in [0.2, 0.25) is 5.91 Å². The number of carbonyl (C=O) groups is 2. The highest BCUT2D eigenvalue weighted by Crippen LogP contribution is 2.29. The Hall–Kier alpha value is -2.95. The average molecular weight is 361 g/mol. The van der Waals surface area contributed by atoms with Crippen LogP contribution >= 0.6 is 0 Å². The van der Waals surface area contributed by atoms with Crippen LogP contribution in [0.2, 0.25) is 0 Å². The van der Waals surface area contributed by atoms with Crippen molar-refractivity contribution in [2.24, 2.45) is 11.7 Å². The third-order valence-electron chi connectivity index (χ3n) is 5.53. The van der Waals surface area contributed by atoms with E-state index in [0.29, 0.717) is 5.56 Å². The van der Waals surface area contributed by atoms with Gasteiger partial charge in [-0.05, 0) is 30.9 Å². The van der Waals surface area contributed by atoms with E-state index in [9.17, 15) is 9.59 Å². The SMILES string of the molecule is NC(=O)[C@H](NC(=O)c1c2ccccc2nc2ccccc12)C1CCCCC1. The summed E-state index contributed by atoms with van der Waals surface area (Å²) in [6, 6.07) is 14.5. The molecular weight excluding hydrogens is 338 g/mol. The zero-order valence-corrected chi connectivity index (χ0v) is 15.2. The minimum absolute atomic E-state index is 0.111. The molecule has 1 fully saturated rings. The third-order valence-corrected chi connectivity index (χ3v) is 5.53. The summed E-state index contributed by atoms with van der Waals surface area (Å²) in [5, 5.41) is 4.50. The quantitative estimate of drug-likeness (QED) is 0.697. The number of para-hydroxylation sites is 2. The molecule has 1 atom stereocenters. The van der Waals surface area contributed by atoms with E-state index in [0.717, 1.165) is 47.5 Å². The van der Waals surface area contributed by atoms with Crippen molar-refractivity contribution >= 4 is 33.6 Å². The molecule has 2 amide bonds. The molecule has 1 heterocycles. The standard InChI is InChI=1S/C22H23N3O2/c23-21(26)20(14-8-2-1-3-9-14)25-22(27)19-15-10-4-6-12-17(15)24-18-13-7-5-11-16(18)19/h4-7,10-14,20H,1-3,8-9H2,(H2,23,26)(H,25,27)/t20-/m1/s1. The highest BCUT2D eigenvalue weighted by Gasteiger charge is 2.30. The Morgan fingerprint density at radius 3 is 2.04 bits per heavy atom. The van der Waals surface area contributed by atoms with Crippen LogP contribution in [0, 0.1) is 5.92 Å². The van der Waals surface area contributed by atoms with Crippen molar-refractivity contribution in [1.29, 1.82) is 0 Å². The molecule has 138 valence electrons. The van der Waals surface area contributed by atoms with Gasteiger partial charge in [-0.3, -0.25) is 9.59 Å². The maximum Gasteiger partial charge on any atom is 0.253 e. The minimum atomic E-state index is -0.636. The van der Waals surface area contributed by atoms with Gasteiger partial charge < -0.3 is 11.1 Å². The van der Waals surface area contributed by atoms with Crippen LogP contribution in [0.25, 0.3) is 21.8 Å². The van der Waals surface area contributed by atoms with Gasteiger partial charge in [-0.25, -0.2) is 4.98 Å². The highest BCUT2D eigenvalue weighted by atomic mass is 16.2. The number of nitrogens with two attached hydrogens (primary N) is 1. The van der Waals surface area contributed by atoms with E-state index in [1.807, 2.05) is 48.5 Å². The molecule has 27 heavy (non-hydrogen) atoms. The topological polar surface area (TPSA) is 85.1 Å². The van der Waals surface area contributed by atoms with Crippen LogP contribution in [0.15, 0.2) is 48.5 Å². The van der Waals surface area contributed by atoms with E-state index in [4.69, 9.17) is 5.73 Å². The summed E-state index contributed by atoms with van der Waals surface area (Å²) in [5.74, 6) is -0.614. The van der Waals surface area contributed by atoms with Crippen molar-refractivity contribution in [3.63, 3.8) is 0 Å². The first-order chi connectivity index (χ1) is 13.1. The van der Waals surface area contributed by atoms with Gasteiger partial charge >= 0.3 is 0 Å². The molecule has 4 rings (SSSR count). The van der Waals surface area contributed by atoms with Gasteiger partial charge in [-0.15, -0.1) is 0 Å². The molecule has 3 aromatic rings. The number of amides is 2. The van der Waals surface area contributed by atoms with Crippen molar-refractivity contribution in [3.8, 4) is 0 Å². The Kier molecular flexibility index (Phi) is 4.75. The molecule has 1 aliphatic carbocycles. The number of nitrogens with one attached hydrogen (secondary N) is 1. The van der Waals surface area contributed by atoms with Crippen LogP contribution in [0.5, 0.6) is 0 Å². The van der Waals surface area contributed by atoms with Crippen molar-refractivity contribution in [2.75, 3.05) is 0 Å². The largest absolute Gasteiger partial charge is 0.368 e. The number of fused-ring (bicyclic) bond motifs is 2. The molecule has 5 heteroatoms. The van der Waals surface area contributed by atoms with Gasteiger partial charge in [-0.2, -0.15) is 0 Å². The van der Waals surface area contributed by atoms with Crippen molar-refractivity contribution < 1.29 is 9.59 Å². The smallest absolute Gasteiger partial charge is 0.253 e. The predicted octanol–water partition coefficient (Wildman–Crippen LogP) is 3.55. The van der Waals surface area contributed by atoms with Crippen LogP contribution in [0.1, 0.15) is 42.5 Å². The summed E-state index contributed by atoms with van der Waals surface area (Å²) in [6.07, 6.45) is 5.17. The number of aromatic nitrogens is 1. The zero-order chi connectivity index (χ0) is 18.8. The Labute approximate surface area is 158 Å². The van der Waals surface area contributed by atoms with Gasteiger partial charge in [-0.1, -0.05) is 55.7 Å². The number of hydrogen-bond donors (Lipinski definition) is 2. The summed E-state index contributed by atoms with van der Waals surface area (Å²) >= 11 is 0. The summed E-state index contributed by atoms with van der Waals surface area (Å²) in [5.41, 5.74) is 7.73. The van der Waals surface area contributed by atoms with Crippen molar-refractivity contribution in [1.82, 2.24) is 10.3 Å². The Morgan fingerprint density at radius 1 is 0.926 bits per heavy atom. The van der Waals surface area contributed by atoms with E-state index >= 15 is 0 Å². The predicted molar refractivity (Wildman–Crippen MR) is 106 cm³/mol. The number of carbonyl (C=O) groups excluding carboxylic acids is 2. The summed E-state index contributed by atoms with van der Waals surface area (Å²) in [7, 11) is 0. The lowest BCUT2D eigenvalue weighted by atomic mass is 9.83. The van der Waals surface area contributed by atoms with Crippen LogP contribution in [-0.4, -0.2) is 22.8 Å².